The number of urea groups is 1. The molecule has 14 heavy (non-hydrogen) atoms. The number of nitrogens with one attached hydrogen (secondary N) is 2. The number of carbonyl (C=O) groups excluding carboxylic acids is 2. The highest BCUT2D eigenvalue weighted by molar-refractivity contribution is 9.13. The zero-order chi connectivity index (χ0) is 10.3. The van der Waals surface area contributed by atoms with Crippen LogP contribution in [-0.4, -0.2) is 11.9 Å². The van der Waals surface area contributed by atoms with Crippen molar-refractivity contribution >= 4 is 55.1 Å². The van der Waals surface area contributed by atoms with Crippen LogP contribution in [0.15, 0.2) is 14.3 Å². The van der Waals surface area contributed by atoms with E-state index in [1.807, 2.05) is 6.07 Å². The normalized spacial score (nSPS) is 20.9. The van der Waals surface area contributed by atoms with Crippen LogP contribution < -0.4 is 10.6 Å². The van der Waals surface area contributed by atoms with Gasteiger partial charge in [0.1, 0.15) is 6.04 Å². The third-order valence-electron chi connectivity index (χ3n) is 1.72. The molecule has 2 rings (SSSR count). The third-order valence-corrected chi connectivity index (χ3v) is 5.04. The summed E-state index contributed by atoms with van der Waals surface area (Å²) in [6, 6.07) is 0.806. The van der Waals surface area contributed by atoms with Gasteiger partial charge in [-0.15, -0.1) is 11.3 Å². The Morgan fingerprint density at radius 1 is 1.36 bits per heavy atom. The fraction of sp³-hybridized carbons (Fsp3) is 0.143. The van der Waals surface area contributed by atoms with Gasteiger partial charge in [0.05, 0.1) is 3.79 Å². The topological polar surface area (TPSA) is 58.2 Å². The van der Waals surface area contributed by atoms with Crippen LogP contribution in [0.5, 0.6) is 0 Å². The Kier molecular flexibility index (Phi) is 2.63. The molecule has 7 heteroatoms. The molecule has 0 spiro atoms. The molecule has 1 aromatic heterocycles. The van der Waals surface area contributed by atoms with Crippen molar-refractivity contribution in [2.24, 2.45) is 0 Å². The SMILES string of the molecule is O=C1NC(=O)C(c2cc(Br)c(Br)s2)N1. The van der Waals surface area contributed by atoms with Crippen molar-refractivity contribution in [1.82, 2.24) is 10.6 Å². The Bertz CT molecular complexity index is 398. The summed E-state index contributed by atoms with van der Waals surface area (Å²) >= 11 is 8.05. The summed E-state index contributed by atoms with van der Waals surface area (Å²) < 4.78 is 1.79. The molecule has 1 unspecified atom stereocenters. The zero-order valence-electron chi connectivity index (χ0n) is 6.64. The lowest BCUT2D eigenvalue weighted by molar-refractivity contribution is -0.120. The maximum atomic E-state index is 11.3. The van der Waals surface area contributed by atoms with E-state index in [9.17, 15) is 9.59 Å². The molecule has 74 valence electrons. The van der Waals surface area contributed by atoms with Gasteiger partial charge in [-0.3, -0.25) is 10.1 Å². The first-order valence-electron chi connectivity index (χ1n) is 3.64. The van der Waals surface area contributed by atoms with E-state index in [-0.39, 0.29) is 5.91 Å². The molecular formula is C7H4Br2N2O2S. The number of hydrogen-bond acceptors (Lipinski definition) is 3. The minimum atomic E-state index is -0.560. The Labute approximate surface area is 100 Å². The van der Waals surface area contributed by atoms with E-state index in [0.29, 0.717) is 0 Å². The summed E-state index contributed by atoms with van der Waals surface area (Å²) in [5, 5.41) is 4.71. The molecular weight excluding hydrogens is 336 g/mol. The van der Waals surface area contributed by atoms with Crippen LogP contribution in [0.3, 0.4) is 0 Å². The number of halogens is 2. The lowest BCUT2D eigenvalue weighted by atomic mass is 10.2. The molecule has 4 nitrogen and oxygen atoms in total. The van der Waals surface area contributed by atoms with Crippen LogP contribution in [0.1, 0.15) is 10.9 Å². The van der Waals surface area contributed by atoms with Crippen molar-refractivity contribution < 1.29 is 9.59 Å². The van der Waals surface area contributed by atoms with Crippen LogP contribution in [0.2, 0.25) is 0 Å². The van der Waals surface area contributed by atoms with Crippen molar-refractivity contribution in [2.75, 3.05) is 0 Å². The second-order valence-electron chi connectivity index (χ2n) is 2.67. The molecule has 1 fully saturated rings. The fourth-order valence-corrected chi connectivity index (χ4v) is 3.26. The smallest absolute Gasteiger partial charge is 0.321 e. The molecule has 3 amide bonds. The summed E-state index contributed by atoms with van der Waals surface area (Å²) in [4.78, 5) is 23.0. The van der Waals surface area contributed by atoms with Crippen molar-refractivity contribution in [3.63, 3.8) is 0 Å². The van der Waals surface area contributed by atoms with E-state index in [4.69, 9.17) is 0 Å². The molecule has 1 saturated heterocycles. The van der Waals surface area contributed by atoms with Crippen molar-refractivity contribution in [3.8, 4) is 0 Å². The molecule has 1 aromatic rings. The van der Waals surface area contributed by atoms with Crippen LogP contribution >= 0.6 is 43.2 Å². The molecule has 2 heterocycles. The molecule has 1 aliphatic heterocycles. The Morgan fingerprint density at radius 2 is 2.07 bits per heavy atom. The first-order chi connectivity index (χ1) is 6.58. The predicted molar refractivity (Wildman–Crippen MR) is 59.1 cm³/mol. The first-order valence-corrected chi connectivity index (χ1v) is 6.04. The lowest BCUT2D eigenvalue weighted by Crippen LogP contribution is -2.22. The second-order valence-corrected chi connectivity index (χ2v) is 5.92. The van der Waals surface area contributed by atoms with Crippen LogP contribution in [0.25, 0.3) is 0 Å². The lowest BCUT2D eigenvalue weighted by Gasteiger charge is -2.01. The summed E-state index contributed by atoms with van der Waals surface area (Å²) in [6.45, 7) is 0. The van der Waals surface area contributed by atoms with Crippen molar-refractivity contribution in [2.45, 2.75) is 6.04 Å². The third kappa shape index (κ3) is 1.71. The molecule has 0 saturated carbocycles. The zero-order valence-corrected chi connectivity index (χ0v) is 10.6. The summed E-state index contributed by atoms with van der Waals surface area (Å²) in [5.41, 5.74) is 0. The molecule has 1 atom stereocenters. The molecule has 0 aromatic carbocycles. The monoisotopic (exact) mass is 338 g/mol. The number of carbonyl (C=O) groups is 2. The molecule has 1 aliphatic rings. The molecule has 0 aliphatic carbocycles. The summed E-state index contributed by atoms with van der Waals surface area (Å²) in [6.07, 6.45) is 0. The van der Waals surface area contributed by atoms with Gasteiger partial charge in [-0.2, -0.15) is 0 Å². The second kappa shape index (κ2) is 3.63. The maximum absolute atomic E-state index is 11.3. The van der Waals surface area contributed by atoms with Crippen LogP contribution in [-0.2, 0) is 4.79 Å². The first kappa shape index (κ1) is 10.1. The van der Waals surface area contributed by atoms with E-state index in [1.165, 1.54) is 11.3 Å². The van der Waals surface area contributed by atoms with Gasteiger partial charge in [-0.25, -0.2) is 4.79 Å². The standard InChI is InChI=1S/C7H4Br2N2O2S/c8-2-1-3(14-5(2)9)4-6(12)11-7(13)10-4/h1,4H,(H2,10,11,12,13). The number of thiophene rings is 1. The number of imide groups is 1. The Morgan fingerprint density at radius 3 is 2.50 bits per heavy atom. The van der Waals surface area contributed by atoms with E-state index in [2.05, 4.69) is 42.5 Å². The molecule has 0 bridgehead atoms. The van der Waals surface area contributed by atoms with Crippen molar-refractivity contribution in [1.29, 1.82) is 0 Å². The average Bonchev–Trinajstić information content (AvgIpc) is 2.57. The van der Waals surface area contributed by atoms with Crippen LogP contribution in [0.4, 0.5) is 4.79 Å². The van der Waals surface area contributed by atoms with Gasteiger partial charge in [0.2, 0.25) is 0 Å². The molecule has 2 N–H and O–H groups in total. The highest BCUT2D eigenvalue weighted by atomic mass is 79.9. The predicted octanol–water partition coefficient (Wildman–Crippen LogP) is 2.15. The van der Waals surface area contributed by atoms with E-state index in [0.717, 1.165) is 13.1 Å². The highest BCUT2D eigenvalue weighted by Crippen LogP contribution is 2.36. The summed E-state index contributed by atoms with van der Waals surface area (Å²) in [5.74, 6) is -0.309. The van der Waals surface area contributed by atoms with Gasteiger partial charge < -0.3 is 5.32 Å². The highest BCUT2D eigenvalue weighted by Gasteiger charge is 2.32. The van der Waals surface area contributed by atoms with E-state index in [1.54, 1.807) is 0 Å². The van der Waals surface area contributed by atoms with Gasteiger partial charge in [0.15, 0.2) is 0 Å². The van der Waals surface area contributed by atoms with Gasteiger partial charge >= 0.3 is 6.03 Å². The average molecular weight is 340 g/mol. The number of hydrogen-bond donors (Lipinski definition) is 2. The number of rotatable bonds is 1. The maximum Gasteiger partial charge on any atom is 0.322 e. The Hall–Kier alpha value is -0.400. The quantitative estimate of drug-likeness (QED) is 0.770. The summed E-state index contributed by atoms with van der Waals surface area (Å²) in [7, 11) is 0. The van der Waals surface area contributed by atoms with Gasteiger partial charge in [0.25, 0.3) is 5.91 Å². The van der Waals surface area contributed by atoms with Crippen molar-refractivity contribution in [3.05, 3.63) is 19.2 Å². The fourth-order valence-electron chi connectivity index (χ4n) is 1.12. The minimum absolute atomic E-state index is 0.309. The Balaban J connectivity index is 2.31. The minimum Gasteiger partial charge on any atom is -0.321 e. The molecule has 0 radical (unpaired) electrons. The van der Waals surface area contributed by atoms with Crippen LogP contribution in [0, 0.1) is 0 Å². The van der Waals surface area contributed by atoms with Gasteiger partial charge in [-0.1, -0.05) is 0 Å². The largest absolute Gasteiger partial charge is 0.322 e. The van der Waals surface area contributed by atoms with Gasteiger partial charge in [-0.05, 0) is 37.9 Å². The van der Waals surface area contributed by atoms with Gasteiger partial charge in [0, 0.05) is 9.35 Å². The van der Waals surface area contributed by atoms with E-state index >= 15 is 0 Å². The van der Waals surface area contributed by atoms with E-state index < -0.39 is 12.1 Å². The number of amides is 3.